The van der Waals surface area contributed by atoms with Crippen molar-refractivity contribution in [3.63, 3.8) is 0 Å². The summed E-state index contributed by atoms with van der Waals surface area (Å²) in [6.45, 7) is 4.51. The second kappa shape index (κ2) is 6.21. The van der Waals surface area contributed by atoms with E-state index in [9.17, 15) is 0 Å². The quantitative estimate of drug-likeness (QED) is 0.735. The van der Waals surface area contributed by atoms with Crippen molar-refractivity contribution in [2.24, 2.45) is 0 Å². The van der Waals surface area contributed by atoms with Gasteiger partial charge in [-0.3, -0.25) is 4.68 Å². The molecular formula is C11H19ClN4. The first-order valence-corrected chi connectivity index (χ1v) is 6.59. The number of aryl methyl sites for hydroxylation is 1. The van der Waals surface area contributed by atoms with E-state index in [1.807, 2.05) is 10.9 Å². The molecule has 1 aromatic heterocycles. The molecule has 4 nitrogen and oxygen atoms in total. The van der Waals surface area contributed by atoms with E-state index in [0.29, 0.717) is 5.88 Å². The first-order valence-electron chi connectivity index (χ1n) is 6.06. The van der Waals surface area contributed by atoms with Gasteiger partial charge in [0.05, 0.1) is 12.2 Å². The van der Waals surface area contributed by atoms with Gasteiger partial charge < -0.3 is 4.90 Å². The van der Waals surface area contributed by atoms with Crippen LogP contribution in [0, 0.1) is 0 Å². The van der Waals surface area contributed by atoms with Crippen LogP contribution in [0.5, 0.6) is 0 Å². The molecule has 2 heterocycles. The summed E-state index contributed by atoms with van der Waals surface area (Å²) in [4.78, 5) is 2.51. The summed E-state index contributed by atoms with van der Waals surface area (Å²) in [5, 5.41) is 8.18. The molecule has 0 radical (unpaired) electrons. The minimum atomic E-state index is 0.616. The molecule has 2 rings (SSSR count). The van der Waals surface area contributed by atoms with Crippen molar-refractivity contribution < 1.29 is 0 Å². The molecule has 90 valence electrons. The molecule has 0 amide bonds. The highest BCUT2D eigenvalue weighted by molar-refractivity contribution is 6.17. The van der Waals surface area contributed by atoms with Crippen LogP contribution in [0.2, 0.25) is 0 Å². The van der Waals surface area contributed by atoms with Crippen LogP contribution in [0.3, 0.4) is 0 Å². The van der Waals surface area contributed by atoms with Crippen molar-refractivity contribution in [2.45, 2.75) is 32.2 Å². The normalized spacial score (nSPS) is 17.8. The van der Waals surface area contributed by atoms with Crippen molar-refractivity contribution in [2.75, 3.05) is 25.5 Å². The first-order chi connectivity index (χ1) is 7.88. The molecule has 0 unspecified atom stereocenters. The Bertz CT molecular complexity index is 307. The van der Waals surface area contributed by atoms with Gasteiger partial charge in [-0.25, -0.2) is 0 Å². The van der Waals surface area contributed by atoms with Crippen LogP contribution in [0.25, 0.3) is 0 Å². The minimum absolute atomic E-state index is 0.616. The van der Waals surface area contributed by atoms with E-state index < -0.39 is 0 Å². The molecule has 0 spiro atoms. The van der Waals surface area contributed by atoms with Gasteiger partial charge in [-0.1, -0.05) is 11.6 Å². The molecule has 1 fully saturated rings. The fourth-order valence-corrected chi connectivity index (χ4v) is 2.28. The lowest BCUT2D eigenvalue weighted by Gasteiger charge is -2.25. The topological polar surface area (TPSA) is 34.0 Å². The monoisotopic (exact) mass is 242 g/mol. The molecule has 1 aliphatic heterocycles. The number of aromatic nitrogens is 3. The number of hydrogen-bond donors (Lipinski definition) is 0. The van der Waals surface area contributed by atoms with Gasteiger partial charge in [-0.2, -0.15) is 0 Å². The van der Waals surface area contributed by atoms with Crippen LogP contribution in [0.1, 0.15) is 25.0 Å². The average molecular weight is 243 g/mol. The van der Waals surface area contributed by atoms with Crippen molar-refractivity contribution in [3.8, 4) is 0 Å². The molecular weight excluding hydrogens is 224 g/mol. The summed E-state index contributed by atoms with van der Waals surface area (Å²) in [6, 6.07) is 0. The van der Waals surface area contributed by atoms with Gasteiger partial charge in [0.2, 0.25) is 0 Å². The molecule has 1 aromatic rings. The maximum absolute atomic E-state index is 5.66. The maximum atomic E-state index is 5.66. The number of alkyl halides is 1. The Hall–Kier alpha value is -0.610. The van der Waals surface area contributed by atoms with E-state index in [0.717, 1.165) is 25.2 Å². The van der Waals surface area contributed by atoms with Crippen LogP contribution < -0.4 is 0 Å². The van der Waals surface area contributed by atoms with Crippen molar-refractivity contribution in [3.05, 3.63) is 11.9 Å². The van der Waals surface area contributed by atoms with E-state index in [1.54, 1.807) is 0 Å². The first kappa shape index (κ1) is 11.9. The van der Waals surface area contributed by atoms with Crippen LogP contribution in [0.15, 0.2) is 6.20 Å². The lowest BCUT2D eigenvalue weighted by molar-refractivity contribution is 0.217. The van der Waals surface area contributed by atoms with Gasteiger partial charge in [-0.05, 0) is 25.9 Å². The minimum Gasteiger partial charge on any atom is -0.301 e. The predicted octanol–water partition coefficient (Wildman–Crippen LogP) is 1.55. The van der Waals surface area contributed by atoms with Gasteiger partial charge in [0, 0.05) is 25.0 Å². The van der Waals surface area contributed by atoms with Crippen LogP contribution in [0.4, 0.5) is 0 Å². The smallest absolute Gasteiger partial charge is 0.0839 e. The number of nitrogens with zero attached hydrogens (tertiary/aromatic N) is 4. The van der Waals surface area contributed by atoms with Gasteiger partial charge in [-0.15, -0.1) is 16.7 Å². The summed E-state index contributed by atoms with van der Waals surface area (Å²) in [7, 11) is 0. The van der Waals surface area contributed by atoms with E-state index >= 15 is 0 Å². The van der Waals surface area contributed by atoms with Gasteiger partial charge in [0.15, 0.2) is 0 Å². The summed E-state index contributed by atoms with van der Waals surface area (Å²) in [5.74, 6) is 0.616. The van der Waals surface area contributed by atoms with E-state index in [2.05, 4.69) is 15.2 Å². The maximum Gasteiger partial charge on any atom is 0.0839 e. The highest BCUT2D eigenvalue weighted by Crippen LogP contribution is 2.08. The number of likely N-dealkylation sites (tertiary alicyclic amines) is 1. The number of halogens is 1. The molecule has 0 aliphatic carbocycles. The van der Waals surface area contributed by atoms with Crippen molar-refractivity contribution >= 4 is 11.6 Å². The molecule has 0 atom stereocenters. The second-order valence-corrected chi connectivity index (χ2v) is 4.69. The van der Waals surface area contributed by atoms with Crippen LogP contribution in [-0.2, 0) is 13.0 Å². The fourth-order valence-electron chi connectivity index (χ4n) is 2.09. The molecule has 0 N–H and O–H groups in total. The largest absolute Gasteiger partial charge is 0.301 e. The lowest BCUT2D eigenvalue weighted by atomic mass is 10.1. The SMILES string of the molecule is ClCCc1cn(CCN2CCCCC2)nn1. The zero-order valence-corrected chi connectivity index (χ0v) is 10.4. The Morgan fingerprint density at radius 1 is 1.19 bits per heavy atom. The Morgan fingerprint density at radius 2 is 2.00 bits per heavy atom. The summed E-state index contributed by atoms with van der Waals surface area (Å²) < 4.78 is 1.93. The number of hydrogen-bond acceptors (Lipinski definition) is 3. The predicted molar refractivity (Wildman–Crippen MR) is 64.7 cm³/mol. The molecule has 1 saturated heterocycles. The highest BCUT2D eigenvalue weighted by Gasteiger charge is 2.09. The molecule has 16 heavy (non-hydrogen) atoms. The molecule has 0 aromatic carbocycles. The van der Waals surface area contributed by atoms with E-state index in [1.165, 1.54) is 32.4 Å². The van der Waals surface area contributed by atoms with E-state index in [-0.39, 0.29) is 0 Å². The third-order valence-electron chi connectivity index (χ3n) is 3.03. The number of rotatable bonds is 5. The van der Waals surface area contributed by atoms with Crippen molar-refractivity contribution in [1.82, 2.24) is 19.9 Å². The van der Waals surface area contributed by atoms with Crippen LogP contribution in [-0.4, -0.2) is 45.4 Å². The Balaban J connectivity index is 1.75. The van der Waals surface area contributed by atoms with Crippen LogP contribution >= 0.6 is 11.6 Å². The number of piperidine rings is 1. The third-order valence-corrected chi connectivity index (χ3v) is 3.22. The van der Waals surface area contributed by atoms with Crippen molar-refractivity contribution in [1.29, 1.82) is 0 Å². The Morgan fingerprint density at radius 3 is 2.75 bits per heavy atom. The highest BCUT2D eigenvalue weighted by atomic mass is 35.5. The molecule has 5 heteroatoms. The molecule has 0 saturated carbocycles. The average Bonchev–Trinajstić information content (AvgIpc) is 2.76. The zero-order chi connectivity index (χ0) is 11.2. The third kappa shape index (κ3) is 3.46. The lowest BCUT2D eigenvalue weighted by Crippen LogP contribution is -2.32. The Kier molecular flexibility index (Phi) is 4.60. The molecule has 1 aliphatic rings. The van der Waals surface area contributed by atoms with Gasteiger partial charge in [0.1, 0.15) is 0 Å². The summed E-state index contributed by atoms with van der Waals surface area (Å²) in [6.07, 6.45) is 6.89. The summed E-state index contributed by atoms with van der Waals surface area (Å²) >= 11 is 5.66. The fraction of sp³-hybridized carbons (Fsp3) is 0.818. The standard InChI is InChI=1S/C11H19ClN4/c12-5-4-11-10-16(14-13-11)9-8-15-6-2-1-3-7-15/h10H,1-9H2. The molecule has 0 bridgehead atoms. The van der Waals surface area contributed by atoms with E-state index in [4.69, 9.17) is 11.6 Å². The van der Waals surface area contributed by atoms with Gasteiger partial charge >= 0.3 is 0 Å². The van der Waals surface area contributed by atoms with Gasteiger partial charge in [0.25, 0.3) is 0 Å². The second-order valence-electron chi connectivity index (χ2n) is 4.31. The Labute approximate surface area is 102 Å². The summed E-state index contributed by atoms with van der Waals surface area (Å²) in [5.41, 5.74) is 0.994. The zero-order valence-electron chi connectivity index (χ0n) is 9.61.